The maximum atomic E-state index is 11.0. The Bertz CT molecular complexity index is 359. The average molecular weight is 234 g/mol. The fraction of sp³-hybridized carbons (Fsp3) is 0.462. The van der Waals surface area contributed by atoms with Crippen LogP contribution in [0.5, 0.6) is 5.75 Å². The molecule has 4 nitrogen and oxygen atoms in total. The van der Waals surface area contributed by atoms with Crippen molar-refractivity contribution in [2.45, 2.75) is 12.8 Å². The summed E-state index contributed by atoms with van der Waals surface area (Å²) in [7, 11) is 0. The standard InChI is InChI=1S/C13H18N2O2/c14-13(16)15-8-6-11(7-9-15)10-17-12-4-2-1-3-5-12/h1-5,11H,6-10H2,(H2,14,16). The molecule has 1 saturated heterocycles. The van der Waals surface area contributed by atoms with Crippen molar-refractivity contribution >= 4 is 6.03 Å². The van der Waals surface area contributed by atoms with Crippen LogP contribution in [-0.2, 0) is 0 Å². The number of likely N-dealkylation sites (tertiary alicyclic amines) is 1. The van der Waals surface area contributed by atoms with Crippen molar-refractivity contribution in [3.05, 3.63) is 30.3 Å². The maximum absolute atomic E-state index is 11.0. The number of urea groups is 1. The largest absolute Gasteiger partial charge is 0.493 e. The van der Waals surface area contributed by atoms with Crippen LogP contribution < -0.4 is 10.5 Å². The maximum Gasteiger partial charge on any atom is 0.314 e. The van der Waals surface area contributed by atoms with Crippen LogP contribution >= 0.6 is 0 Å². The molecule has 2 amide bonds. The molecule has 0 bridgehead atoms. The highest BCUT2D eigenvalue weighted by Gasteiger charge is 2.21. The molecule has 92 valence electrons. The van der Waals surface area contributed by atoms with Crippen LogP contribution in [-0.4, -0.2) is 30.6 Å². The van der Waals surface area contributed by atoms with E-state index in [-0.39, 0.29) is 6.03 Å². The van der Waals surface area contributed by atoms with Gasteiger partial charge in [0.2, 0.25) is 0 Å². The summed E-state index contributed by atoms with van der Waals surface area (Å²) in [5.74, 6) is 1.43. The molecule has 0 aliphatic carbocycles. The number of carbonyl (C=O) groups excluding carboxylic acids is 1. The van der Waals surface area contributed by atoms with Gasteiger partial charge in [0.05, 0.1) is 6.61 Å². The number of para-hydroxylation sites is 1. The fourth-order valence-corrected chi connectivity index (χ4v) is 2.05. The van der Waals surface area contributed by atoms with E-state index < -0.39 is 0 Å². The van der Waals surface area contributed by atoms with Gasteiger partial charge in [-0.25, -0.2) is 4.79 Å². The quantitative estimate of drug-likeness (QED) is 0.867. The molecule has 2 N–H and O–H groups in total. The van der Waals surface area contributed by atoms with Crippen LogP contribution in [0.2, 0.25) is 0 Å². The van der Waals surface area contributed by atoms with Crippen molar-refractivity contribution < 1.29 is 9.53 Å². The predicted octanol–water partition coefficient (Wildman–Crippen LogP) is 1.86. The van der Waals surface area contributed by atoms with Crippen molar-refractivity contribution in [3.8, 4) is 5.75 Å². The zero-order chi connectivity index (χ0) is 12.1. The van der Waals surface area contributed by atoms with Gasteiger partial charge < -0.3 is 15.4 Å². The van der Waals surface area contributed by atoms with E-state index in [4.69, 9.17) is 10.5 Å². The number of primary amides is 1. The fourth-order valence-electron chi connectivity index (χ4n) is 2.05. The topological polar surface area (TPSA) is 55.6 Å². The highest BCUT2D eigenvalue weighted by molar-refractivity contribution is 5.72. The monoisotopic (exact) mass is 234 g/mol. The highest BCUT2D eigenvalue weighted by Crippen LogP contribution is 2.19. The zero-order valence-corrected chi connectivity index (χ0v) is 9.84. The lowest BCUT2D eigenvalue weighted by Gasteiger charge is -2.30. The Hall–Kier alpha value is -1.71. The highest BCUT2D eigenvalue weighted by atomic mass is 16.5. The van der Waals surface area contributed by atoms with Crippen molar-refractivity contribution in [1.82, 2.24) is 4.90 Å². The Morgan fingerprint density at radius 1 is 1.29 bits per heavy atom. The van der Waals surface area contributed by atoms with Gasteiger partial charge in [0.1, 0.15) is 5.75 Å². The van der Waals surface area contributed by atoms with Gasteiger partial charge in [0.25, 0.3) is 0 Å². The van der Waals surface area contributed by atoms with Gasteiger partial charge in [-0.15, -0.1) is 0 Å². The Morgan fingerprint density at radius 3 is 2.53 bits per heavy atom. The lowest BCUT2D eigenvalue weighted by Crippen LogP contribution is -2.42. The van der Waals surface area contributed by atoms with Gasteiger partial charge in [-0.2, -0.15) is 0 Å². The minimum Gasteiger partial charge on any atom is -0.493 e. The molecule has 0 aromatic heterocycles. The lowest BCUT2D eigenvalue weighted by molar-refractivity contribution is 0.150. The van der Waals surface area contributed by atoms with E-state index in [0.717, 1.165) is 38.3 Å². The number of hydrogen-bond donors (Lipinski definition) is 1. The summed E-state index contributed by atoms with van der Waals surface area (Å²) in [6, 6.07) is 9.50. The number of nitrogens with zero attached hydrogens (tertiary/aromatic N) is 1. The molecule has 1 aromatic rings. The minimum atomic E-state index is -0.313. The molecule has 0 atom stereocenters. The van der Waals surface area contributed by atoms with E-state index in [9.17, 15) is 4.79 Å². The first-order valence-electron chi connectivity index (χ1n) is 5.98. The molecule has 0 saturated carbocycles. The summed E-state index contributed by atoms with van der Waals surface area (Å²) >= 11 is 0. The second kappa shape index (κ2) is 5.57. The third-order valence-corrected chi connectivity index (χ3v) is 3.16. The van der Waals surface area contributed by atoms with E-state index in [1.54, 1.807) is 4.90 Å². The van der Waals surface area contributed by atoms with Gasteiger partial charge in [0, 0.05) is 13.1 Å². The minimum absolute atomic E-state index is 0.313. The Morgan fingerprint density at radius 2 is 1.94 bits per heavy atom. The summed E-state index contributed by atoms with van der Waals surface area (Å²) in [6.07, 6.45) is 1.94. The Balaban J connectivity index is 1.74. The van der Waals surface area contributed by atoms with Gasteiger partial charge in [-0.1, -0.05) is 18.2 Å². The average Bonchev–Trinajstić information content (AvgIpc) is 2.38. The van der Waals surface area contributed by atoms with E-state index in [1.807, 2.05) is 30.3 Å². The summed E-state index contributed by atoms with van der Waals surface area (Å²) in [5, 5.41) is 0. The summed E-state index contributed by atoms with van der Waals surface area (Å²) < 4.78 is 5.71. The number of nitrogens with two attached hydrogens (primary N) is 1. The molecular formula is C13H18N2O2. The number of rotatable bonds is 3. The molecule has 0 unspecified atom stereocenters. The number of piperidine rings is 1. The molecule has 1 fully saturated rings. The molecule has 1 aromatic carbocycles. The summed E-state index contributed by atoms with van der Waals surface area (Å²) in [6.45, 7) is 2.22. The molecule has 1 aliphatic heterocycles. The smallest absolute Gasteiger partial charge is 0.314 e. The van der Waals surface area contributed by atoms with Crippen molar-refractivity contribution in [3.63, 3.8) is 0 Å². The van der Waals surface area contributed by atoms with Crippen molar-refractivity contribution in [2.75, 3.05) is 19.7 Å². The number of amides is 2. The Labute approximate surface area is 101 Å². The first-order chi connectivity index (χ1) is 8.25. The number of ether oxygens (including phenoxy) is 1. The first-order valence-corrected chi connectivity index (χ1v) is 5.98. The van der Waals surface area contributed by atoms with Gasteiger partial charge in [-0.05, 0) is 30.9 Å². The molecule has 0 spiro atoms. The van der Waals surface area contributed by atoms with Crippen molar-refractivity contribution in [1.29, 1.82) is 0 Å². The molecule has 0 radical (unpaired) electrons. The van der Waals surface area contributed by atoms with E-state index >= 15 is 0 Å². The molecule has 1 aliphatic rings. The van der Waals surface area contributed by atoms with E-state index in [2.05, 4.69) is 0 Å². The first kappa shape index (κ1) is 11.8. The van der Waals surface area contributed by atoms with Crippen LogP contribution in [0.25, 0.3) is 0 Å². The van der Waals surface area contributed by atoms with Crippen LogP contribution in [0.1, 0.15) is 12.8 Å². The predicted molar refractivity (Wildman–Crippen MR) is 65.8 cm³/mol. The Kier molecular flexibility index (Phi) is 3.85. The van der Waals surface area contributed by atoms with Gasteiger partial charge in [-0.3, -0.25) is 0 Å². The normalized spacial score (nSPS) is 16.8. The molecule has 1 heterocycles. The van der Waals surface area contributed by atoms with Gasteiger partial charge in [0.15, 0.2) is 0 Å². The zero-order valence-electron chi connectivity index (χ0n) is 9.84. The van der Waals surface area contributed by atoms with E-state index in [1.165, 1.54) is 0 Å². The summed E-state index contributed by atoms with van der Waals surface area (Å²) in [4.78, 5) is 12.7. The number of carbonyl (C=O) groups is 1. The van der Waals surface area contributed by atoms with Crippen molar-refractivity contribution in [2.24, 2.45) is 11.7 Å². The second-order valence-corrected chi connectivity index (χ2v) is 4.39. The molecular weight excluding hydrogens is 216 g/mol. The molecule has 4 heteroatoms. The molecule has 2 rings (SSSR count). The second-order valence-electron chi connectivity index (χ2n) is 4.39. The van der Waals surface area contributed by atoms with Crippen LogP contribution in [0.4, 0.5) is 4.79 Å². The van der Waals surface area contributed by atoms with Crippen LogP contribution in [0.15, 0.2) is 30.3 Å². The molecule has 17 heavy (non-hydrogen) atoms. The third kappa shape index (κ3) is 3.37. The number of benzene rings is 1. The van der Waals surface area contributed by atoms with Crippen LogP contribution in [0.3, 0.4) is 0 Å². The van der Waals surface area contributed by atoms with E-state index in [0.29, 0.717) is 5.92 Å². The van der Waals surface area contributed by atoms with Gasteiger partial charge >= 0.3 is 6.03 Å². The number of hydrogen-bond acceptors (Lipinski definition) is 2. The SMILES string of the molecule is NC(=O)N1CCC(COc2ccccc2)CC1. The van der Waals surface area contributed by atoms with Crippen LogP contribution in [0, 0.1) is 5.92 Å². The third-order valence-electron chi connectivity index (χ3n) is 3.16. The summed E-state index contributed by atoms with van der Waals surface area (Å²) in [5.41, 5.74) is 5.23. The lowest BCUT2D eigenvalue weighted by atomic mass is 9.98.